The first-order chi connectivity index (χ1) is 12.2. The molecule has 1 aliphatic heterocycles. The van der Waals surface area contributed by atoms with E-state index in [0.717, 1.165) is 48.0 Å². The highest BCUT2D eigenvalue weighted by molar-refractivity contribution is 7.13. The van der Waals surface area contributed by atoms with Gasteiger partial charge in [-0.15, -0.1) is 21.5 Å². The normalized spacial score (nSPS) is 14.1. The Morgan fingerprint density at radius 3 is 3.08 bits per heavy atom. The van der Waals surface area contributed by atoms with E-state index in [1.54, 1.807) is 16.0 Å². The Labute approximate surface area is 149 Å². The summed E-state index contributed by atoms with van der Waals surface area (Å²) in [5.41, 5.74) is 1.36. The molecule has 0 saturated heterocycles. The second-order valence-corrected chi connectivity index (χ2v) is 7.14. The molecule has 0 saturated carbocycles. The summed E-state index contributed by atoms with van der Waals surface area (Å²) in [4.78, 5) is 13.6. The zero-order valence-corrected chi connectivity index (χ0v) is 14.9. The van der Waals surface area contributed by atoms with E-state index >= 15 is 0 Å². The van der Waals surface area contributed by atoms with Gasteiger partial charge in [-0.2, -0.15) is 5.10 Å². The third-order valence-electron chi connectivity index (χ3n) is 4.48. The third-order valence-corrected chi connectivity index (χ3v) is 5.37. The Bertz CT molecular complexity index is 879. The smallest absolute Gasteiger partial charge is 0.272 e. The van der Waals surface area contributed by atoms with E-state index in [0.29, 0.717) is 12.2 Å². The molecule has 0 unspecified atom stereocenters. The van der Waals surface area contributed by atoms with Gasteiger partial charge in [-0.05, 0) is 30.4 Å². The molecular formula is C17H20N6OS. The van der Waals surface area contributed by atoms with Crippen molar-refractivity contribution in [1.82, 2.24) is 29.9 Å². The van der Waals surface area contributed by atoms with E-state index in [2.05, 4.69) is 25.2 Å². The fourth-order valence-corrected chi connectivity index (χ4v) is 3.93. The van der Waals surface area contributed by atoms with Gasteiger partial charge in [-0.1, -0.05) is 12.5 Å². The van der Waals surface area contributed by atoms with Crippen LogP contribution >= 0.6 is 11.3 Å². The summed E-state index contributed by atoms with van der Waals surface area (Å²) in [6.45, 7) is 1.30. The molecule has 0 fully saturated rings. The number of aryl methyl sites for hydroxylation is 2. The quantitative estimate of drug-likeness (QED) is 0.779. The molecule has 1 aliphatic rings. The lowest BCUT2D eigenvalue weighted by Gasteiger charge is -2.07. The fourth-order valence-electron chi connectivity index (χ4n) is 3.16. The van der Waals surface area contributed by atoms with Crippen LogP contribution in [-0.2, 0) is 26.6 Å². The van der Waals surface area contributed by atoms with Gasteiger partial charge < -0.3 is 9.88 Å². The highest BCUT2D eigenvalue weighted by Gasteiger charge is 2.17. The monoisotopic (exact) mass is 356 g/mol. The number of hydrogen-bond acceptors (Lipinski definition) is 5. The number of nitrogens with zero attached hydrogens (tertiary/aromatic N) is 5. The Balaban J connectivity index is 1.46. The standard InChI is InChI=1S/C17H20N6OS/c1-22-13(14-6-5-9-25-14)10-12(21-22)17(24)18-11-16-20-19-15-7-3-2-4-8-23(15)16/h5-6,9-10H,2-4,7-8,11H2,1H3,(H,18,24). The lowest BCUT2D eigenvalue weighted by molar-refractivity contribution is 0.0943. The van der Waals surface area contributed by atoms with Crippen LogP contribution in [0, 0.1) is 0 Å². The maximum atomic E-state index is 12.5. The molecule has 1 N–H and O–H groups in total. The van der Waals surface area contributed by atoms with Crippen LogP contribution in [-0.4, -0.2) is 30.5 Å². The van der Waals surface area contributed by atoms with Gasteiger partial charge in [0.15, 0.2) is 11.5 Å². The summed E-state index contributed by atoms with van der Waals surface area (Å²) in [5.74, 6) is 1.66. The molecule has 0 atom stereocenters. The van der Waals surface area contributed by atoms with Gasteiger partial charge in [-0.25, -0.2) is 0 Å². The van der Waals surface area contributed by atoms with Crippen molar-refractivity contribution >= 4 is 17.2 Å². The van der Waals surface area contributed by atoms with Crippen molar-refractivity contribution in [2.75, 3.05) is 0 Å². The second-order valence-electron chi connectivity index (χ2n) is 6.19. The first kappa shape index (κ1) is 16.0. The number of amides is 1. The minimum absolute atomic E-state index is 0.190. The highest BCUT2D eigenvalue weighted by Crippen LogP contribution is 2.24. The molecule has 0 aromatic carbocycles. The molecule has 0 bridgehead atoms. The minimum atomic E-state index is -0.190. The van der Waals surface area contributed by atoms with E-state index in [1.165, 1.54) is 6.42 Å². The number of aromatic nitrogens is 5. The summed E-state index contributed by atoms with van der Waals surface area (Å²) < 4.78 is 3.88. The maximum absolute atomic E-state index is 12.5. The van der Waals surface area contributed by atoms with Crippen molar-refractivity contribution in [1.29, 1.82) is 0 Å². The lowest BCUT2D eigenvalue weighted by Crippen LogP contribution is -2.25. The SMILES string of the molecule is Cn1nc(C(=O)NCc2nnc3n2CCCCC3)cc1-c1cccs1. The van der Waals surface area contributed by atoms with Gasteiger partial charge in [0.05, 0.1) is 17.1 Å². The molecule has 3 aromatic rings. The van der Waals surface area contributed by atoms with Crippen molar-refractivity contribution in [3.05, 3.63) is 40.9 Å². The largest absolute Gasteiger partial charge is 0.343 e. The molecule has 4 heterocycles. The van der Waals surface area contributed by atoms with Gasteiger partial charge in [-0.3, -0.25) is 9.48 Å². The number of carbonyl (C=O) groups excluding carboxylic acids is 1. The van der Waals surface area contributed by atoms with Gasteiger partial charge in [0.1, 0.15) is 5.82 Å². The molecule has 4 rings (SSSR count). The fraction of sp³-hybridized carbons (Fsp3) is 0.412. The average molecular weight is 356 g/mol. The molecule has 130 valence electrons. The Hall–Kier alpha value is -2.48. The number of carbonyl (C=O) groups is 1. The van der Waals surface area contributed by atoms with Crippen LogP contribution in [0.5, 0.6) is 0 Å². The number of nitrogens with one attached hydrogen (secondary N) is 1. The van der Waals surface area contributed by atoms with Crippen LogP contribution in [0.2, 0.25) is 0 Å². The van der Waals surface area contributed by atoms with E-state index < -0.39 is 0 Å². The number of rotatable bonds is 4. The van der Waals surface area contributed by atoms with Crippen LogP contribution < -0.4 is 5.32 Å². The molecule has 0 spiro atoms. The van der Waals surface area contributed by atoms with Crippen LogP contribution in [0.3, 0.4) is 0 Å². The first-order valence-electron chi connectivity index (χ1n) is 8.49. The Kier molecular flexibility index (Phi) is 4.35. The molecule has 25 heavy (non-hydrogen) atoms. The Morgan fingerprint density at radius 2 is 2.24 bits per heavy atom. The van der Waals surface area contributed by atoms with Crippen LogP contribution in [0.1, 0.15) is 41.4 Å². The van der Waals surface area contributed by atoms with E-state index in [-0.39, 0.29) is 5.91 Å². The zero-order chi connectivity index (χ0) is 17.2. The van der Waals surface area contributed by atoms with Crippen molar-refractivity contribution in [2.45, 2.75) is 38.8 Å². The summed E-state index contributed by atoms with van der Waals surface area (Å²) in [5, 5.41) is 17.8. The van der Waals surface area contributed by atoms with Crippen LogP contribution in [0.25, 0.3) is 10.6 Å². The number of fused-ring (bicyclic) bond motifs is 1. The van der Waals surface area contributed by atoms with Crippen molar-refractivity contribution < 1.29 is 4.79 Å². The second kappa shape index (κ2) is 6.79. The lowest BCUT2D eigenvalue weighted by atomic mass is 10.2. The van der Waals surface area contributed by atoms with Gasteiger partial charge in [0.25, 0.3) is 5.91 Å². The third kappa shape index (κ3) is 3.21. The van der Waals surface area contributed by atoms with Crippen molar-refractivity contribution in [2.24, 2.45) is 7.05 Å². The summed E-state index contributed by atoms with van der Waals surface area (Å²) in [6.07, 6.45) is 4.47. The average Bonchev–Trinajstić information content (AvgIpc) is 3.30. The minimum Gasteiger partial charge on any atom is -0.343 e. The molecule has 0 aliphatic carbocycles. The van der Waals surface area contributed by atoms with Gasteiger partial charge in [0, 0.05) is 20.0 Å². The van der Waals surface area contributed by atoms with Crippen molar-refractivity contribution in [3.8, 4) is 10.6 Å². The van der Waals surface area contributed by atoms with Crippen LogP contribution in [0.15, 0.2) is 23.6 Å². The topological polar surface area (TPSA) is 77.6 Å². The number of thiophene rings is 1. The first-order valence-corrected chi connectivity index (χ1v) is 9.37. The van der Waals surface area contributed by atoms with E-state index in [9.17, 15) is 4.79 Å². The van der Waals surface area contributed by atoms with Crippen LogP contribution in [0.4, 0.5) is 0 Å². The zero-order valence-electron chi connectivity index (χ0n) is 14.1. The molecule has 8 heteroatoms. The van der Waals surface area contributed by atoms with Gasteiger partial charge >= 0.3 is 0 Å². The maximum Gasteiger partial charge on any atom is 0.272 e. The van der Waals surface area contributed by atoms with E-state index in [4.69, 9.17) is 0 Å². The van der Waals surface area contributed by atoms with Gasteiger partial charge in [0.2, 0.25) is 0 Å². The molecular weight excluding hydrogens is 336 g/mol. The molecule has 3 aromatic heterocycles. The highest BCUT2D eigenvalue weighted by atomic mass is 32.1. The molecule has 1 amide bonds. The predicted molar refractivity (Wildman–Crippen MR) is 95.3 cm³/mol. The Morgan fingerprint density at radius 1 is 1.32 bits per heavy atom. The molecule has 0 radical (unpaired) electrons. The van der Waals surface area contributed by atoms with E-state index in [1.807, 2.05) is 30.6 Å². The molecule has 7 nitrogen and oxygen atoms in total. The van der Waals surface area contributed by atoms with Crippen molar-refractivity contribution in [3.63, 3.8) is 0 Å². The number of hydrogen-bond donors (Lipinski definition) is 1. The summed E-state index contributed by atoms with van der Waals surface area (Å²) in [6, 6.07) is 5.84. The summed E-state index contributed by atoms with van der Waals surface area (Å²) >= 11 is 1.63. The summed E-state index contributed by atoms with van der Waals surface area (Å²) in [7, 11) is 1.85. The predicted octanol–water partition coefficient (Wildman–Crippen LogP) is 2.40.